The van der Waals surface area contributed by atoms with Crippen molar-refractivity contribution in [3.05, 3.63) is 49.8 Å². The van der Waals surface area contributed by atoms with Crippen molar-refractivity contribution >= 4 is 50.6 Å². The highest BCUT2D eigenvalue weighted by molar-refractivity contribution is 14.1. The molecule has 0 aliphatic heterocycles. The summed E-state index contributed by atoms with van der Waals surface area (Å²) in [5, 5.41) is 10.3. The van der Waals surface area contributed by atoms with E-state index in [9.17, 15) is 4.79 Å². The normalized spacial score (nSPS) is 10.8. The zero-order valence-electron chi connectivity index (χ0n) is 9.02. The zero-order chi connectivity index (χ0) is 13.0. The van der Waals surface area contributed by atoms with Crippen LogP contribution in [0.15, 0.2) is 40.0 Å². The van der Waals surface area contributed by atoms with Gasteiger partial charge in [0.15, 0.2) is 0 Å². The predicted molar refractivity (Wildman–Crippen MR) is 80.5 cm³/mol. The molecule has 1 aromatic heterocycles. The third-order valence-electron chi connectivity index (χ3n) is 2.07. The molecule has 7 heteroatoms. The third-order valence-corrected chi connectivity index (χ3v) is 3.42. The molecule has 0 saturated carbocycles. The molecule has 1 heterocycles. The fraction of sp³-hybridized carbons (Fsp3) is 0. The second-order valence-electron chi connectivity index (χ2n) is 3.34. The largest absolute Gasteiger partial charge is 0.290 e. The minimum atomic E-state index is -0.315. The minimum Gasteiger partial charge on any atom is -0.272 e. The van der Waals surface area contributed by atoms with Gasteiger partial charge in [-0.1, -0.05) is 28.1 Å². The SMILES string of the molecule is O=C(N/N=C/c1ccc(Br)cc1)c1[nH]ncc1I. The summed E-state index contributed by atoms with van der Waals surface area (Å²) in [7, 11) is 0. The maximum absolute atomic E-state index is 11.7. The van der Waals surface area contributed by atoms with E-state index >= 15 is 0 Å². The number of hydrogen-bond acceptors (Lipinski definition) is 3. The number of hydrazone groups is 1. The first-order valence-corrected chi connectivity index (χ1v) is 6.82. The summed E-state index contributed by atoms with van der Waals surface area (Å²) >= 11 is 5.37. The molecule has 2 aromatic rings. The molecule has 0 saturated heterocycles. The summed E-state index contributed by atoms with van der Waals surface area (Å²) in [4.78, 5) is 11.7. The Balaban J connectivity index is 1.98. The lowest BCUT2D eigenvalue weighted by molar-refractivity contribution is 0.0949. The second-order valence-corrected chi connectivity index (χ2v) is 5.42. The summed E-state index contributed by atoms with van der Waals surface area (Å²) in [5.41, 5.74) is 3.74. The fourth-order valence-electron chi connectivity index (χ4n) is 1.20. The van der Waals surface area contributed by atoms with Gasteiger partial charge in [-0.05, 0) is 40.3 Å². The molecular weight excluding hydrogens is 411 g/mol. The molecule has 0 aliphatic rings. The Hall–Kier alpha value is -1.22. The number of amides is 1. The first-order chi connectivity index (χ1) is 8.66. The fourth-order valence-corrected chi connectivity index (χ4v) is 1.97. The lowest BCUT2D eigenvalue weighted by atomic mass is 10.2. The van der Waals surface area contributed by atoms with Gasteiger partial charge in [-0.15, -0.1) is 0 Å². The van der Waals surface area contributed by atoms with Crippen molar-refractivity contribution in [3.63, 3.8) is 0 Å². The van der Waals surface area contributed by atoms with E-state index in [-0.39, 0.29) is 5.91 Å². The molecule has 1 aromatic carbocycles. The molecule has 0 atom stereocenters. The molecule has 0 unspecified atom stereocenters. The number of hydrogen-bond donors (Lipinski definition) is 2. The Bertz CT molecular complexity index is 579. The lowest BCUT2D eigenvalue weighted by Gasteiger charge is -1.97. The van der Waals surface area contributed by atoms with Crippen LogP contribution in [0.3, 0.4) is 0 Å². The molecule has 0 spiro atoms. The van der Waals surface area contributed by atoms with Crippen LogP contribution < -0.4 is 5.43 Å². The van der Waals surface area contributed by atoms with Crippen molar-refractivity contribution in [2.75, 3.05) is 0 Å². The van der Waals surface area contributed by atoms with Crippen molar-refractivity contribution in [1.29, 1.82) is 0 Å². The van der Waals surface area contributed by atoms with E-state index in [2.05, 4.69) is 36.7 Å². The van der Waals surface area contributed by atoms with Crippen molar-refractivity contribution in [2.24, 2.45) is 5.10 Å². The molecule has 0 aliphatic carbocycles. The van der Waals surface area contributed by atoms with Gasteiger partial charge < -0.3 is 0 Å². The molecule has 92 valence electrons. The van der Waals surface area contributed by atoms with Crippen molar-refractivity contribution < 1.29 is 4.79 Å². The highest BCUT2D eigenvalue weighted by Crippen LogP contribution is 2.09. The van der Waals surface area contributed by atoms with Gasteiger partial charge in [0.25, 0.3) is 5.91 Å². The van der Waals surface area contributed by atoms with Crippen LogP contribution in [0.1, 0.15) is 16.1 Å². The molecule has 0 radical (unpaired) electrons. The topological polar surface area (TPSA) is 70.1 Å². The van der Waals surface area contributed by atoms with Gasteiger partial charge in [-0.2, -0.15) is 10.2 Å². The number of carbonyl (C=O) groups excluding carboxylic acids is 1. The van der Waals surface area contributed by atoms with Gasteiger partial charge in [-0.3, -0.25) is 9.89 Å². The van der Waals surface area contributed by atoms with E-state index in [1.807, 2.05) is 46.9 Å². The van der Waals surface area contributed by atoms with Gasteiger partial charge in [-0.25, -0.2) is 5.43 Å². The minimum absolute atomic E-state index is 0.315. The quantitative estimate of drug-likeness (QED) is 0.457. The highest BCUT2D eigenvalue weighted by atomic mass is 127. The number of benzene rings is 1. The standard InChI is InChI=1S/C11H8BrIN4O/c12-8-3-1-7(2-4-8)5-14-17-11(18)10-9(13)6-15-16-10/h1-6H,(H,15,16)(H,17,18)/b14-5+. The first-order valence-electron chi connectivity index (χ1n) is 4.94. The van der Waals surface area contributed by atoms with Crippen molar-refractivity contribution in [3.8, 4) is 0 Å². The van der Waals surface area contributed by atoms with Crippen LogP contribution in [0.4, 0.5) is 0 Å². The van der Waals surface area contributed by atoms with E-state index in [4.69, 9.17) is 0 Å². The number of halogens is 2. The smallest absolute Gasteiger partial charge is 0.272 e. The van der Waals surface area contributed by atoms with E-state index < -0.39 is 0 Å². The zero-order valence-corrected chi connectivity index (χ0v) is 12.8. The Morgan fingerprint density at radius 3 is 2.78 bits per heavy atom. The monoisotopic (exact) mass is 418 g/mol. The van der Waals surface area contributed by atoms with E-state index in [1.54, 1.807) is 12.4 Å². The van der Waals surface area contributed by atoms with Gasteiger partial charge in [0.05, 0.1) is 16.0 Å². The first kappa shape index (κ1) is 13.2. The van der Waals surface area contributed by atoms with Crippen LogP contribution in [-0.4, -0.2) is 22.3 Å². The van der Waals surface area contributed by atoms with Crippen LogP contribution >= 0.6 is 38.5 Å². The molecular formula is C11H8BrIN4O. The Kier molecular flexibility index (Phi) is 4.48. The summed E-state index contributed by atoms with van der Waals surface area (Å²) < 4.78 is 1.75. The maximum atomic E-state index is 11.7. The Labute approximate surface area is 125 Å². The average molecular weight is 419 g/mol. The second kappa shape index (κ2) is 6.10. The van der Waals surface area contributed by atoms with Gasteiger partial charge in [0, 0.05) is 4.47 Å². The van der Waals surface area contributed by atoms with E-state index in [0.29, 0.717) is 5.69 Å². The number of rotatable bonds is 3. The summed E-state index contributed by atoms with van der Waals surface area (Å²) in [6.07, 6.45) is 3.15. The van der Waals surface area contributed by atoms with Crippen molar-refractivity contribution in [1.82, 2.24) is 15.6 Å². The van der Waals surface area contributed by atoms with Crippen LogP contribution in [0.25, 0.3) is 0 Å². The Morgan fingerprint density at radius 1 is 1.44 bits per heavy atom. The molecule has 0 fully saturated rings. The third kappa shape index (κ3) is 3.39. The number of aromatic amines is 1. The number of nitrogens with zero attached hydrogens (tertiary/aromatic N) is 2. The number of nitrogens with one attached hydrogen (secondary N) is 2. The van der Waals surface area contributed by atoms with Crippen LogP contribution in [0.5, 0.6) is 0 Å². The van der Waals surface area contributed by atoms with Gasteiger partial charge >= 0.3 is 0 Å². The van der Waals surface area contributed by atoms with Crippen molar-refractivity contribution in [2.45, 2.75) is 0 Å². The van der Waals surface area contributed by atoms with E-state index in [0.717, 1.165) is 13.6 Å². The van der Waals surface area contributed by atoms with Crippen LogP contribution in [-0.2, 0) is 0 Å². The van der Waals surface area contributed by atoms with Crippen LogP contribution in [0.2, 0.25) is 0 Å². The number of carbonyl (C=O) groups is 1. The molecule has 2 rings (SSSR count). The summed E-state index contributed by atoms with van der Waals surface area (Å²) in [6.45, 7) is 0. The van der Waals surface area contributed by atoms with E-state index in [1.165, 1.54) is 0 Å². The van der Waals surface area contributed by atoms with Gasteiger partial charge in [0.1, 0.15) is 5.69 Å². The average Bonchev–Trinajstić information content (AvgIpc) is 2.78. The number of H-pyrrole nitrogens is 1. The Morgan fingerprint density at radius 2 is 2.17 bits per heavy atom. The molecule has 1 amide bonds. The summed E-state index contributed by atoms with van der Waals surface area (Å²) in [5.74, 6) is -0.315. The molecule has 2 N–H and O–H groups in total. The molecule has 5 nitrogen and oxygen atoms in total. The molecule has 18 heavy (non-hydrogen) atoms. The predicted octanol–water partition coefficient (Wildman–Crippen LogP) is 2.54. The lowest BCUT2D eigenvalue weighted by Crippen LogP contribution is -2.19. The highest BCUT2D eigenvalue weighted by Gasteiger charge is 2.10. The summed E-state index contributed by atoms with van der Waals surface area (Å²) in [6, 6.07) is 7.58. The maximum Gasteiger partial charge on any atom is 0.290 e. The number of aromatic nitrogens is 2. The van der Waals surface area contributed by atoms with Gasteiger partial charge in [0.2, 0.25) is 0 Å². The molecule has 0 bridgehead atoms. The van der Waals surface area contributed by atoms with Crippen LogP contribution in [0, 0.1) is 3.57 Å².